The smallest absolute Gasteiger partial charge is 0.242 e. The second-order valence-corrected chi connectivity index (χ2v) is 6.57. The fourth-order valence-corrected chi connectivity index (χ4v) is 4.22. The van der Waals surface area contributed by atoms with E-state index in [2.05, 4.69) is 12.2 Å². The molecule has 0 saturated carbocycles. The zero-order valence-electron chi connectivity index (χ0n) is 11.3. The normalized spacial score (nSPS) is 31.1. The number of thioether (sulfide) groups is 1. The van der Waals surface area contributed by atoms with Gasteiger partial charge in [-0.25, -0.2) is 0 Å². The highest BCUT2D eigenvalue weighted by Gasteiger charge is 2.37. The van der Waals surface area contributed by atoms with Crippen molar-refractivity contribution >= 4 is 17.7 Å². The van der Waals surface area contributed by atoms with E-state index in [-0.39, 0.29) is 11.8 Å². The van der Waals surface area contributed by atoms with Crippen molar-refractivity contribution in [2.24, 2.45) is 11.7 Å². The van der Waals surface area contributed by atoms with Gasteiger partial charge in [0.15, 0.2) is 0 Å². The first-order valence-electron chi connectivity index (χ1n) is 7.11. The molecule has 1 saturated heterocycles. The molecule has 4 atom stereocenters. The Morgan fingerprint density at radius 3 is 2.80 bits per heavy atom. The number of nitrogens with zero attached hydrogens (tertiary/aromatic N) is 1. The molecule has 20 heavy (non-hydrogen) atoms. The fourth-order valence-electron chi connectivity index (χ4n) is 3.01. The van der Waals surface area contributed by atoms with Gasteiger partial charge in [0.2, 0.25) is 5.91 Å². The van der Waals surface area contributed by atoms with Crippen molar-refractivity contribution in [2.75, 3.05) is 13.1 Å². The molecule has 4 nitrogen and oxygen atoms in total. The van der Waals surface area contributed by atoms with E-state index in [9.17, 15) is 9.90 Å². The van der Waals surface area contributed by atoms with E-state index in [1.165, 1.54) is 0 Å². The number of fused-ring (bicyclic) bond motifs is 1. The zero-order chi connectivity index (χ0) is 14.1. The van der Waals surface area contributed by atoms with Crippen LogP contribution in [-0.4, -0.2) is 46.4 Å². The summed E-state index contributed by atoms with van der Waals surface area (Å²) in [6.07, 6.45) is 9.39. The van der Waals surface area contributed by atoms with Crippen LogP contribution >= 0.6 is 11.8 Å². The van der Waals surface area contributed by atoms with Gasteiger partial charge in [0.25, 0.3) is 0 Å². The molecule has 108 valence electrons. The van der Waals surface area contributed by atoms with Crippen LogP contribution in [0, 0.1) is 5.92 Å². The SMILES string of the molecule is NC(C(=O)N1CCCC1)[C@@H](O)C1=CSC2C=CC=CC12. The summed E-state index contributed by atoms with van der Waals surface area (Å²) in [6.45, 7) is 1.53. The van der Waals surface area contributed by atoms with E-state index in [1.807, 2.05) is 17.6 Å². The lowest BCUT2D eigenvalue weighted by atomic mass is 9.87. The molecule has 0 spiro atoms. The van der Waals surface area contributed by atoms with Crippen LogP contribution in [0.1, 0.15) is 12.8 Å². The summed E-state index contributed by atoms with van der Waals surface area (Å²) in [5.41, 5.74) is 6.88. The van der Waals surface area contributed by atoms with E-state index in [4.69, 9.17) is 5.73 Å². The van der Waals surface area contributed by atoms with Gasteiger partial charge in [-0.05, 0) is 23.8 Å². The summed E-state index contributed by atoms with van der Waals surface area (Å²) in [5.74, 6) is 0.0390. The predicted octanol–water partition coefficient (Wildman–Crippen LogP) is 1.04. The molecule has 0 aromatic rings. The molecule has 1 amide bonds. The number of hydrogen-bond acceptors (Lipinski definition) is 4. The van der Waals surface area contributed by atoms with E-state index in [1.54, 1.807) is 16.7 Å². The average molecular weight is 292 g/mol. The van der Waals surface area contributed by atoms with Crippen LogP contribution in [0.25, 0.3) is 0 Å². The van der Waals surface area contributed by atoms with E-state index < -0.39 is 12.1 Å². The van der Waals surface area contributed by atoms with Crippen LogP contribution in [0.2, 0.25) is 0 Å². The van der Waals surface area contributed by atoms with Gasteiger partial charge in [-0.3, -0.25) is 4.79 Å². The number of carbonyl (C=O) groups is 1. The topological polar surface area (TPSA) is 66.6 Å². The van der Waals surface area contributed by atoms with Crippen molar-refractivity contribution < 1.29 is 9.90 Å². The quantitative estimate of drug-likeness (QED) is 0.815. The Morgan fingerprint density at radius 2 is 2.05 bits per heavy atom. The molecular formula is C15H20N2O2S. The largest absolute Gasteiger partial charge is 0.387 e. The van der Waals surface area contributed by atoms with Gasteiger partial charge in [0.1, 0.15) is 12.1 Å². The molecule has 0 aromatic heterocycles. The minimum absolute atomic E-state index is 0.125. The second kappa shape index (κ2) is 5.76. The molecule has 0 bridgehead atoms. The molecular weight excluding hydrogens is 272 g/mol. The van der Waals surface area contributed by atoms with Crippen molar-refractivity contribution in [3.8, 4) is 0 Å². The summed E-state index contributed by atoms with van der Waals surface area (Å²) in [5, 5.41) is 12.8. The van der Waals surface area contributed by atoms with E-state index in [0.717, 1.165) is 31.5 Å². The Hall–Kier alpha value is -1.04. The van der Waals surface area contributed by atoms with Crippen LogP contribution in [0.4, 0.5) is 0 Å². The number of hydrogen-bond donors (Lipinski definition) is 2. The van der Waals surface area contributed by atoms with Gasteiger partial charge >= 0.3 is 0 Å². The maximum absolute atomic E-state index is 12.3. The van der Waals surface area contributed by atoms with Crippen LogP contribution in [-0.2, 0) is 4.79 Å². The molecule has 3 unspecified atom stereocenters. The summed E-state index contributed by atoms with van der Waals surface area (Å²) in [4.78, 5) is 14.0. The van der Waals surface area contributed by atoms with Crippen molar-refractivity contribution in [3.05, 3.63) is 35.3 Å². The van der Waals surface area contributed by atoms with E-state index in [0.29, 0.717) is 5.25 Å². The van der Waals surface area contributed by atoms with Gasteiger partial charge in [0, 0.05) is 24.3 Å². The van der Waals surface area contributed by atoms with Crippen LogP contribution in [0.15, 0.2) is 35.3 Å². The Labute approximate surface area is 123 Å². The first-order valence-corrected chi connectivity index (χ1v) is 8.05. The van der Waals surface area contributed by atoms with Gasteiger partial charge in [-0.1, -0.05) is 24.3 Å². The lowest BCUT2D eigenvalue weighted by molar-refractivity contribution is -0.133. The Balaban J connectivity index is 1.69. The van der Waals surface area contributed by atoms with Crippen LogP contribution in [0.5, 0.6) is 0 Å². The monoisotopic (exact) mass is 292 g/mol. The molecule has 1 aliphatic carbocycles. The molecule has 5 heteroatoms. The maximum Gasteiger partial charge on any atom is 0.242 e. The molecule has 0 radical (unpaired) electrons. The van der Waals surface area contributed by atoms with Gasteiger partial charge in [-0.15, -0.1) is 11.8 Å². The number of nitrogens with two attached hydrogens (primary N) is 1. The number of amides is 1. The zero-order valence-corrected chi connectivity index (χ0v) is 12.1. The first kappa shape index (κ1) is 13.9. The summed E-state index contributed by atoms with van der Waals surface area (Å²) in [7, 11) is 0. The third-order valence-electron chi connectivity index (χ3n) is 4.22. The predicted molar refractivity (Wildman–Crippen MR) is 81.0 cm³/mol. The standard InChI is InChI=1S/C15H20N2O2S/c16-13(15(19)17-7-3-4-8-17)14(18)11-9-20-12-6-2-1-5-10(11)12/h1-2,5-6,9-10,12-14,18H,3-4,7-8,16H2/t10?,12?,13?,14-/m0/s1. The van der Waals surface area contributed by atoms with Crippen molar-refractivity contribution in [1.29, 1.82) is 0 Å². The van der Waals surface area contributed by atoms with Crippen molar-refractivity contribution in [1.82, 2.24) is 4.90 Å². The number of carbonyl (C=O) groups excluding carboxylic acids is 1. The molecule has 3 rings (SSSR count). The van der Waals surface area contributed by atoms with Crippen LogP contribution < -0.4 is 5.73 Å². The number of rotatable bonds is 3. The molecule has 2 aliphatic heterocycles. The third-order valence-corrected chi connectivity index (χ3v) is 5.39. The van der Waals surface area contributed by atoms with Gasteiger partial charge in [0.05, 0.1) is 0 Å². The first-order chi connectivity index (χ1) is 9.68. The van der Waals surface area contributed by atoms with Gasteiger partial charge < -0.3 is 15.7 Å². The fraction of sp³-hybridized carbons (Fsp3) is 0.533. The Morgan fingerprint density at radius 1 is 1.35 bits per heavy atom. The van der Waals surface area contributed by atoms with Gasteiger partial charge in [-0.2, -0.15) is 0 Å². The molecule has 1 fully saturated rings. The molecule has 3 aliphatic rings. The Kier molecular flexibility index (Phi) is 4.01. The number of allylic oxidation sites excluding steroid dienone is 3. The minimum Gasteiger partial charge on any atom is -0.387 e. The van der Waals surface area contributed by atoms with Crippen molar-refractivity contribution in [3.63, 3.8) is 0 Å². The average Bonchev–Trinajstić information content (AvgIpc) is 3.14. The molecule has 0 aromatic carbocycles. The highest BCUT2D eigenvalue weighted by Crippen LogP contribution is 2.41. The summed E-state index contributed by atoms with van der Waals surface area (Å²) < 4.78 is 0. The number of aliphatic hydroxyl groups excluding tert-OH is 1. The van der Waals surface area contributed by atoms with Crippen molar-refractivity contribution in [2.45, 2.75) is 30.2 Å². The number of likely N-dealkylation sites (tertiary alicyclic amines) is 1. The second-order valence-electron chi connectivity index (χ2n) is 5.52. The summed E-state index contributed by atoms with van der Waals surface area (Å²) in [6, 6.07) is -0.849. The minimum atomic E-state index is -0.887. The third kappa shape index (κ3) is 2.45. The number of aliphatic hydroxyl groups is 1. The van der Waals surface area contributed by atoms with Crippen LogP contribution in [0.3, 0.4) is 0 Å². The highest BCUT2D eigenvalue weighted by molar-refractivity contribution is 8.03. The Bertz CT molecular complexity index is 480. The van der Waals surface area contributed by atoms with E-state index >= 15 is 0 Å². The lowest BCUT2D eigenvalue weighted by Crippen LogP contribution is -2.50. The molecule has 3 N–H and O–H groups in total. The maximum atomic E-state index is 12.3. The highest BCUT2D eigenvalue weighted by atomic mass is 32.2. The summed E-state index contributed by atoms with van der Waals surface area (Å²) >= 11 is 1.68. The lowest BCUT2D eigenvalue weighted by Gasteiger charge is -2.27. The molecule has 2 heterocycles.